The molecule has 2 amide bonds. The molecule has 17 heavy (non-hydrogen) atoms. The van der Waals surface area contributed by atoms with E-state index in [0.29, 0.717) is 17.8 Å². The molecule has 1 aliphatic heterocycles. The Hall–Kier alpha value is -2.10. The Kier molecular flexibility index (Phi) is 2.95. The Morgan fingerprint density at radius 2 is 1.76 bits per heavy atom. The molecule has 0 fully saturated rings. The van der Waals surface area contributed by atoms with Crippen molar-refractivity contribution in [2.24, 2.45) is 0 Å². The van der Waals surface area contributed by atoms with Crippen molar-refractivity contribution in [3.63, 3.8) is 0 Å². The predicted molar refractivity (Wildman–Crippen MR) is 63.4 cm³/mol. The van der Waals surface area contributed by atoms with E-state index in [4.69, 9.17) is 4.74 Å². The summed E-state index contributed by atoms with van der Waals surface area (Å²) in [7, 11) is 0. The first kappa shape index (κ1) is 11.4. The number of ether oxygens (including phenoxy) is 1. The minimum absolute atomic E-state index is 0.320. The van der Waals surface area contributed by atoms with E-state index in [0.717, 1.165) is 11.3 Å². The molecule has 0 spiro atoms. The smallest absolute Gasteiger partial charge is 0.259 e. The Morgan fingerprint density at radius 1 is 1.12 bits per heavy atom. The van der Waals surface area contributed by atoms with Crippen LogP contribution < -0.4 is 10.1 Å². The highest BCUT2D eigenvalue weighted by Gasteiger charge is 2.27. The third kappa shape index (κ3) is 2.06. The molecule has 1 aliphatic rings. The monoisotopic (exact) mass is 231 g/mol. The number of hydrogen-bond acceptors (Lipinski definition) is 3. The average molecular weight is 231 g/mol. The third-order valence-electron chi connectivity index (χ3n) is 2.62. The number of carbonyl (C=O) groups is 2. The van der Waals surface area contributed by atoms with Gasteiger partial charge >= 0.3 is 0 Å². The van der Waals surface area contributed by atoms with Crippen molar-refractivity contribution in [1.29, 1.82) is 0 Å². The number of benzene rings is 1. The van der Waals surface area contributed by atoms with Gasteiger partial charge in [0.05, 0.1) is 12.2 Å². The molecule has 88 valence electrons. The molecule has 0 bridgehead atoms. The van der Waals surface area contributed by atoms with Gasteiger partial charge in [-0.25, -0.2) is 0 Å². The van der Waals surface area contributed by atoms with Crippen LogP contribution in [-0.2, 0) is 9.59 Å². The second-order valence-electron chi connectivity index (χ2n) is 3.74. The Balaban J connectivity index is 2.35. The first-order chi connectivity index (χ1) is 8.13. The first-order valence-corrected chi connectivity index (χ1v) is 5.43. The van der Waals surface area contributed by atoms with Crippen LogP contribution in [0.1, 0.15) is 19.4 Å². The molecule has 1 N–H and O–H groups in total. The molecule has 0 radical (unpaired) electrons. The van der Waals surface area contributed by atoms with E-state index >= 15 is 0 Å². The first-order valence-electron chi connectivity index (χ1n) is 5.43. The van der Waals surface area contributed by atoms with E-state index in [1.165, 1.54) is 0 Å². The second kappa shape index (κ2) is 4.41. The third-order valence-corrected chi connectivity index (χ3v) is 2.62. The van der Waals surface area contributed by atoms with E-state index in [1.807, 2.05) is 6.92 Å². The van der Waals surface area contributed by atoms with Gasteiger partial charge < -0.3 is 4.74 Å². The molecule has 4 nitrogen and oxygen atoms in total. The van der Waals surface area contributed by atoms with Crippen LogP contribution in [0.3, 0.4) is 0 Å². The average Bonchev–Trinajstić information content (AvgIpc) is 2.55. The lowest BCUT2D eigenvalue weighted by Crippen LogP contribution is -2.22. The van der Waals surface area contributed by atoms with Crippen LogP contribution in [0.2, 0.25) is 0 Å². The molecule has 1 aromatic carbocycles. The number of nitrogens with one attached hydrogen (secondary N) is 1. The molecular formula is C13H13NO3. The molecule has 4 heteroatoms. The number of amides is 2. The lowest BCUT2D eigenvalue weighted by molar-refractivity contribution is -0.123. The van der Waals surface area contributed by atoms with E-state index in [9.17, 15) is 9.59 Å². The van der Waals surface area contributed by atoms with Gasteiger partial charge in [0.2, 0.25) is 0 Å². The normalized spacial score (nSPS) is 15.2. The predicted octanol–water partition coefficient (Wildman–Crippen LogP) is 1.52. The highest BCUT2D eigenvalue weighted by atomic mass is 16.5. The fraction of sp³-hybridized carbons (Fsp3) is 0.231. The number of rotatable bonds is 3. The van der Waals surface area contributed by atoms with Crippen LogP contribution in [0.4, 0.5) is 0 Å². The molecule has 0 saturated carbocycles. The number of carbonyl (C=O) groups excluding carboxylic acids is 2. The summed E-state index contributed by atoms with van der Waals surface area (Å²) in [6.07, 6.45) is 0. The lowest BCUT2D eigenvalue weighted by atomic mass is 10.0. The molecule has 0 aliphatic carbocycles. The second-order valence-corrected chi connectivity index (χ2v) is 3.74. The van der Waals surface area contributed by atoms with Crippen LogP contribution in [0.25, 0.3) is 5.57 Å². The molecule has 0 aromatic heterocycles. The SMILES string of the molecule is CCOc1ccc(C2=C(C)C(=O)NC2=O)cc1. The molecule has 0 unspecified atom stereocenters. The van der Waals surface area contributed by atoms with Crippen LogP contribution in [-0.4, -0.2) is 18.4 Å². The quantitative estimate of drug-likeness (QED) is 0.802. The van der Waals surface area contributed by atoms with Crippen molar-refractivity contribution in [1.82, 2.24) is 5.32 Å². The zero-order valence-electron chi connectivity index (χ0n) is 9.74. The van der Waals surface area contributed by atoms with Gasteiger partial charge in [-0.1, -0.05) is 12.1 Å². The van der Waals surface area contributed by atoms with Gasteiger partial charge in [-0.15, -0.1) is 0 Å². The Morgan fingerprint density at radius 3 is 2.24 bits per heavy atom. The highest BCUT2D eigenvalue weighted by molar-refractivity contribution is 6.35. The van der Waals surface area contributed by atoms with Crippen molar-refractivity contribution >= 4 is 17.4 Å². The number of hydrogen-bond donors (Lipinski definition) is 1. The van der Waals surface area contributed by atoms with Crippen molar-refractivity contribution in [2.45, 2.75) is 13.8 Å². The van der Waals surface area contributed by atoms with Crippen molar-refractivity contribution in [3.05, 3.63) is 35.4 Å². The summed E-state index contributed by atoms with van der Waals surface area (Å²) in [5, 5.41) is 2.27. The van der Waals surface area contributed by atoms with Gasteiger partial charge in [-0.3, -0.25) is 14.9 Å². The molecule has 1 heterocycles. The van der Waals surface area contributed by atoms with Crippen LogP contribution in [0.5, 0.6) is 5.75 Å². The van der Waals surface area contributed by atoms with E-state index in [1.54, 1.807) is 31.2 Å². The zero-order valence-corrected chi connectivity index (χ0v) is 9.74. The van der Waals surface area contributed by atoms with Gasteiger partial charge in [0.15, 0.2) is 0 Å². The van der Waals surface area contributed by atoms with Crippen molar-refractivity contribution in [2.75, 3.05) is 6.61 Å². The van der Waals surface area contributed by atoms with E-state index in [2.05, 4.69) is 5.32 Å². The van der Waals surface area contributed by atoms with Gasteiger partial charge in [-0.2, -0.15) is 0 Å². The van der Waals surface area contributed by atoms with Gasteiger partial charge in [0.1, 0.15) is 5.75 Å². The fourth-order valence-electron chi connectivity index (χ4n) is 1.78. The highest BCUT2D eigenvalue weighted by Crippen LogP contribution is 2.25. The van der Waals surface area contributed by atoms with Gasteiger partial charge in [-0.05, 0) is 31.5 Å². The van der Waals surface area contributed by atoms with Crippen LogP contribution in [0, 0.1) is 0 Å². The minimum atomic E-state index is -0.336. The van der Waals surface area contributed by atoms with Crippen molar-refractivity contribution < 1.29 is 14.3 Å². The summed E-state index contributed by atoms with van der Waals surface area (Å²) < 4.78 is 5.31. The van der Waals surface area contributed by atoms with Gasteiger partial charge in [0.25, 0.3) is 11.8 Å². The standard InChI is InChI=1S/C13H13NO3/c1-3-17-10-6-4-9(5-7-10)11-8(2)12(15)14-13(11)16/h4-7H,3H2,1-2H3,(H,14,15,16). The van der Waals surface area contributed by atoms with Crippen LogP contribution in [0.15, 0.2) is 29.8 Å². The van der Waals surface area contributed by atoms with Gasteiger partial charge in [0, 0.05) is 5.57 Å². The Labute approximate surface area is 99.3 Å². The molecule has 0 atom stereocenters. The molecular weight excluding hydrogens is 218 g/mol. The topological polar surface area (TPSA) is 55.4 Å². The summed E-state index contributed by atoms with van der Waals surface area (Å²) in [6, 6.07) is 7.13. The summed E-state index contributed by atoms with van der Waals surface area (Å²) in [4.78, 5) is 22.9. The molecule has 2 rings (SSSR count). The zero-order chi connectivity index (χ0) is 12.4. The largest absolute Gasteiger partial charge is 0.494 e. The summed E-state index contributed by atoms with van der Waals surface area (Å²) in [6.45, 7) is 4.15. The molecule has 1 aromatic rings. The summed E-state index contributed by atoms with van der Waals surface area (Å²) in [5.74, 6) is 0.0924. The van der Waals surface area contributed by atoms with Crippen molar-refractivity contribution in [3.8, 4) is 5.75 Å². The fourth-order valence-corrected chi connectivity index (χ4v) is 1.78. The van der Waals surface area contributed by atoms with Crippen LogP contribution >= 0.6 is 0 Å². The summed E-state index contributed by atoms with van der Waals surface area (Å²) >= 11 is 0. The maximum atomic E-state index is 11.6. The number of imide groups is 1. The lowest BCUT2D eigenvalue weighted by Gasteiger charge is -2.05. The summed E-state index contributed by atoms with van der Waals surface area (Å²) in [5.41, 5.74) is 1.63. The minimum Gasteiger partial charge on any atom is -0.494 e. The van der Waals surface area contributed by atoms with E-state index < -0.39 is 0 Å². The van der Waals surface area contributed by atoms with E-state index in [-0.39, 0.29) is 11.8 Å². The maximum absolute atomic E-state index is 11.6. The molecule has 0 saturated heterocycles. The Bertz CT molecular complexity index is 500. The maximum Gasteiger partial charge on any atom is 0.259 e.